The molecule has 0 amide bonds. The van der Waals surface area contributed by atoms with Gasteiger partial charge in [-0.2, -0.15) is 0 Å². The van der Waals surface area contributed by atoms with Gasteiger partial charge in [-0.1, -0.05) is 0 Å². The van der Waals surface area contributed by atoms with E-state index in [-0.39, 0.29) is 0 Å². The molecule has 0 aliphatic carbocycles. The van der Waals surface area contributed by atoms with Gasteiger partial charge in [-0.3, -0.25) is 0 Å². The van der Waals surface area contributed by atoms with Crippen LogP contribution in [-0.2, 0) is 0 Å². The molecule has 0 atom stereocenters. The number of rotatable bonds is 3. The van der Waals surface area contributed by atoms with Crippen LogP contribution in [0.2, 0.25) is 19.1 Å². The molecule has 0 unspecified atom stereocenters. The molecule has 0 aromatic rings. The van der Waals surface area contributed by atoms with Crippen LogP contribution in [0.3, 0.4) is 0 Å². The highest BCUT2D eigenvalue weighted by molar-refractivity contribution is 6.69. The molecule has 0 bridgehead atoms. The zero-order valence-electron chi connectivity index (χ0n) is 6.81. The van der Waals surface area contributed by atoms with Gasteiger partial charge in [0.15, 0.2) is 8.32 Å². The van der Waals surface area contributed by atoms with Gasteiger partial charge < -0.3 is 9.70 Å². The molecule has 0 radical (unpaired) electrons. The molecule has 0 heterocycles. The van der Waals surface area contributed by atoms with Gasteiger partial charge >= 0.3 is 0 Å². The SMILES string of the molecule is CN(C)CC[Si](C)(C)O. The first-order valence-electron chi connectivity index (χ1n) is 3.29. The zero-order valence-corrected chi connectivity index (χ0v) is 7.81. The van der Waals surface area contributed by atoms with Gasteiger partial charge in [0.1, 0.15) is 0 Å². The van der Waals surface area contributed by atoms with E-state index in [4.69, 9.17) is 0 Å². The Kier molecular flexibility index (Phi) is 3.39. The molecule has 0 saturated heterocycles. The van der Waals surface area contributed by atoms with Gasteiger partial charge in [0.25, 0.3) is 0 Å². The number of hydrogen-bond acceptors (Lipinski definition) is 2. The predicted molar refractivity (Wildman–Crippen MR) is 43.1 cm³/mol. The first-order valence-corrected chi connectivity index (χ1v) is 6.44. The molecular weight excluding hydrogens is 130 g/mol. The zero-order chi connectivity index (χ0) is 7.49. The fraction of sp³-hybridized carbons (Fsp3) is 1.00. The standard InChI is InChI=1S/C6H17NOSi/c1-7(2)5-6-9(3,4)8/h8H,5-6H2,1-4H3. The van der Waals surface area contributed by atoms with Crippen molar-refractivity contribution in [2.24, 2.45) is 0 Å². The highest BCUT2D eigenvalue weighted by Crippen LogP contribution is 2.03. The Balaban J connectivity index is 3.28. The molecule has 0 saturated carbocycles. The maximum absolute atomic E-state index is 9.38. The van der Waals surface area contributed by atoms with Gasteiger partial charge in [-0.05, 0) is 39.8 Å². The molecule has 0 aromatic carbocycles. The van der Waals surface area contributed by atoms with Crippen LogP contribution in [0.4, 0.5) is 0 Å². The summed E-state index contributed by atoms with van der Waals surface area (Å²) >= 11 is 0. The lowest BCUT2D eigenvalue weighted by Gasteiger charge is -2.16. The average molecular weight is 147 g/mol. The first-order chi connectivity index (χ1) is 3.92. The van der Waals surface area contributed by atoms with E-state index in [1.807, 2.05) is 27.2 Å². The lowest BCUT2D eigenvalue weighted by atomic mass is 10.7. The second kappa shape index (κ2) is 3.34. The van der Waals surface area contributed by atoms with Crippen molar-refractivity contribution in [2.75, 3.05) is 20.6 Å². The van der Waals surface area contributed by atoms with Gasteiger partial charge in [-0.15, -0.1) is 0 Å². The molecule has 3 heteroatoms. The van der Waals surface area contributed by atoms with E-state index in [1.165, 1.54) is 0 Å². The molecule has 1 N–H and O–H groups in total. The maximum Gasteiger partial charge on any atom is 0.183 e. The summed E-state index contributed by atoms with van der Waals surface area (Å²) in [6.45, 7) is 4.95. The number of nitrogens with zero attached hydrogens (tertiary/aromatic N) is 1. The Hall–Kier alpha value is 0.137. The Morgan fingerprint density at radius 2 is 1.78 bits per heavy atom. The summed E-state index contributed by atoms with van der Waals surface area (Å²) in [5, 5.41) is 0. The van der Waals surface area contributed by atoms with Crippen LogP contribution in [0.25, 0.3) is 0 Å². The normalized spacial score (nSPS) is 12.7. The van der Waals surface area contributed by atoms with Crippen molar-refractivity contribution in [3.63, 3.8) is 0 Å². The van der Waals surface area contributed by atoms with Crippen LogP contribution in [0.1, 0.15) is 0 Å². The lowest BCUT2D eigenvalue weighted by molar-refractivity contribution is 0.419. The first kappa shape index (κ1) is 9.14. The molecule has 0 rings (SSSR count). The second-order valence-corrected chi connectivity index (χ2v) is 7.49. The molecule has 56 valence electrons. The topological polar surface area (TPSA) is 23.5 Å². The van der Waals surface area contributed by atoms with E-state index < -0.39 is 8.32 Å². The van der Waals surface area contributed by atoms with Gasteiger partial charge in [-0.25, -0.2) is 0 Å². The van der Waals surface area contributed by atoms with Gasteiger partial charge in [0.2, 0.25) is 0 Å². The summed E-state index contributed by atoms with van der Waals surface area (Å²) in [5.41, 5.74) is 0. The van der Waals surface area contributed by atoms with E-state index in [0.717, 1.165) is 12.6 Å². The van der Waals surface area contributed by atoms with Gasteiger partial charge in [0.05, 0.1) is 0 Å². The average Bonchev–Trinajstić information content (AvgIpc) is 1.59. The Morgan fingerprint density at radius 3 is 1.89 bits per heavy atom. The minimum atomic E-state index is -1.76. The molecule has 2 nitrogen and oxygen atoms in total. The van der Waals surface area contributed by atoms with E-state index in [1.54, 1.807) is 0 Å². The van der Waals surface area contributed by atoms with Crippen molar-refractivity contribution in [1.29, 1.82) is 0 Å². The summed E-state index contributed by atoms with van der Waals surface area (Å²) in [5.74, 6) is 0. The molecule has 0 aliphatic heterocycles. The van der Waals surface area contributed by atoms with Crippen molar-refractivity contribution in [3.8, 4) is 0 Å². The second-order valence-electron chi connectivity index (χ2n) is 3.37. The smallest absolute Gasteiger partial charge is 0.183 e. The van der Waals surface area contributed by atoms with Crippen molar-refractivity contribution in [1.82, 2.24) is 4.90 Å². The Bertz CT molecular complexity index is 77.6. The molecular formula is C6H17NOSi. The third kappa shape index (κ3) is 8.14. The Morgan fingerprint density at radius 1 is 1.33 bits per heavy atom. The minimum Gasteiger partial charge on any atom is -0.432 e. The van der Waals surface area contributed by atoms with E-state index >= 15 is 0 Å². The van der Waals surface area contributed by atoms with Crippen LogP contribution in [0.5, 0.6) is 0 Å². The summed E-state index contributed by atoms with van der Waals surface area (Å²) in [6, 6.07) is 0.972. The van der Waals surface area contributed by atoms with Crippen LogP contribution in [0, 0.1) is 0 Å². The molecule has 0 spiro atoms. The summed E-state index contributed by atoms with van der Waals surface area (Å²) in [7, 11) is 2.29. The summed E-state index contributed by atoms with van der Waals surface area (Å²) in [4.78, 5) is 11.5. The molecule has 0 fully saturated rings. The van der Waals surface area contributed by atoms with Crippen LogP contribution < -0.4 is 0 Å². The van der Waals surface area contributed by atoms with Crippen molar-refractivity contribution in [3.05, 3.63) is 0 Å². The van der Waals surface area contributed by atoms with Crippen molar-refractivity contribution >= 4 is 8.32 Å². The third-order valence-electron chi connectivity index (χ3n) is 1.17. The van der Waals surface area contributed by atoms with Crippen LogP contribution in [-0.4, -0.2) is 38.7 Å². The number of hydrogen-bond donors (Lipinski definition) is 1. The summed E-state index contributed by atoms with van der Waals surface area (Å²) < 4.78 is 0. The highest BCUT2D eigenvalue weighted by Gasteiger charge is 2.15. The van der Waals surface area contributed by atoms with Crippen LogP contribution in [0.15, 0.2) is 0 Å². The fourth-order valence-electron chi connectivity index (χ4n) is 0.497. The van der Waals surface area contributed by atoms with Crippen molar-refractivity contribution < 1.29 is 4.80 Å². The van der Waals surface area contributed by atoms with Crippen molar-refractivity contribution in [2.45, 2.75) is 19.1 Å². The van der Waals surface area contributed by atoms with Crippen LogP contribution >= 0.6 is 0 Å². The Labute approximate surface area is 58.6 Å². The highest BCUT2D eigenvalue weighted by atomic mass is 28.4. The molecule has 0 aliphatic rings. The fourth-order valence-corrected chi connectivity index (χ4v) is 1.49. The van der Waals surface area contributed by atoms with E-state index in [0.29, 0.717) is 0 Å². The molecule has 9 heavy (non-hydrogen) atoms. The lowest BCUT2D eigenvalue weighted by Crippen LogP contribution is -2.29. The van der Waals surface area contributed by atoms with Gasteiger partial charge in [0, 0.05) is 0 Å². The third-order valence-corrected chi connectivity index (χ3v) is 2.62. The van der Waals surface area contributed by atoms with E-state index in [2.05, 4.69) is 4.90 Å². The predicted octanol–water partition coefficient (Wildman–Crippen LogP) is 0.745. The minimum absolute atomic E-state index is 0.972. The molecule has 0 aromatic heterocycles. The maximum atomic E-state index is 9.38. The monoisotopic (exact) mass is 147 g/mol. The van der Waals surface area contributed by atoms with E-state index in [9.17, 15) is 4.80 Å². The largest absolute Gasteiger partial charge is 0.432 e. The summed E-state index contributed by atoms with van der Waals surface area (Å²) in [6.07, 6.45) is 0. The quantitative estimate of drug-likeness (QED) is 0.595.